The summed E-state index contributed by atoms with van der Waals surface area (Å²) in [7, 11) is 0. The van der Waals surface area contributed by atoms with Gasteiger partial charge in [-0.2, -0.15) is 0 Å². The van der Waals surface area contributed by atoms with Crippen molar-refractivity contribution >= 4 is 11.6 Å². The number of benzene rings is 1. The zero-order valence-corrected chi connectivity index (χ0v) is 9.79. The van der Waals surface area contributed by atoms with Gasteiger partial charge in [0.05, 0.1) is 6.54 Å². The Labute approximate surface area is 100 Å². The number of fused-ring (bicyclic) bond motifs is 1. The molecule has 1 aliphatic heterocycles. The Morgan fingerprint density at radius 3 is 2.82 bits per heavy atom. The molecule has 1 aliphatic rings. The molecule has 2 rings (SSSR count). The Kier molecular flexibility index (Phi) is 3.69. The van der Waals surface area contributed by atoms with E-state index in [0.717, 1.165) is 17.2 Å². The van der Waals surface area contributed by atoms with Crippen LogP contribution in [0.2, 0.25) is 0 Å². The van der Waals surface area contributed by atoms with E-state index < -0.39 is 0 Å². The third kappa shape index (κ3) is 3.03. The van der Waals surface area contributed by atoms with Crippen molar-refractivity contribution in [1.82, 2.24) is 5.32 Å². The zero-order chi connectivity index (χ0) is 12.1. The zero-order valence-electron chi connectivity index (χ0n) is 9.79. The SMILES string of the molecule is CCNC(=O)CNc1ccc2c(c1)OCCO2. The summed E-state index contributed by atoms with van der Waals surface area (Å²) in [6.07, 6.45) is 0. The molecule has 0 fully saturated rings. The van der Waals surface area contributed by atoms with Gasteiger partial charge in [-0.1, -0.05) is 0 Å². The lowest BCUT2D eigenvalue weighted by molar-refractivity contribution is -0.119. The van der Waals surface area contributed by atoms with E-state index >= 15 is 0 Å². The second kappa shape index (κ2) is 5.43. The molecule has 17 heavy (non-hydrogen) atoms. The molecule has 1 heterocycles. The molecule has 92 valence electrons. The van der Waals surface area contributed by atoms with Crippen LogP contribution in [0.3, 0.4) is 0 Å². The molecule has 5 nitrogen and oxygen atoms in total. The van der Waals surface area contributed by atoms with Crippen molar-refractivity contribution in [3.63, 3.8) is 0 Å². The Bertz CT molecular complexity index is 407. The molecule has 1 aromatic carbocycles. The summed E-state index contributed by atoms with van der Waals surface area (Å²) in [6, 6.07) is 5.55. The molecule has 5 heteroatoms. The lowest BCUT2D eigenvalue weighted by atomic mass is 10.2. The first-order valence-corrected chi connectivity index (χ1v) is 5.70. The van der Waals surface area contributed by atoms with Crippen molar-refractivity contribution in [3.05, 3.63) is 18.2 Å². The lowest BCUT2D eigenvalue weighted by Crippen LogP contribution is -2.29. The van der Waals surface area contributed by atoms with Crippen LogP contribution in [-0.2, 0) is 4.79 Å². The van der Waals surface area contributed by atoms with Crippen LogP contribution in [0.5, 0.6) is 11.5 Å². The van der Waals surface area contributed by atoms with Crippen LogP contribution in [0, 0.1) is 0 Å². The summed E-state index contributed by atoms with van der Waals surface area (Å²) < 4.78 is 10.9. The topological polar surface area (TPSA) is 59.6 Å². The number of likely N-dealkylation sites (N-methyl/N-ethyl adjacent to an activating group) is 1. The van der Waals surface area contributed by atoms with Gasteiger partial charge in [-0.25, -0.2) is 0 Å². The molecule has 0 spiro atoms. The quantitative estimate of drug-likeness (QED) is 0.819. The fraction of sp³-hybridized carbons (Fsp3) is 0.417. The fourth-order valence-corrected chi connectivity index (χ4v) is 1.60. The van der Waals surface area contributed by atoms with Gasteiger partial charge in [0.2, 0.25) is 5.91 Å². The number of carbonyl (C=O) groups excluding carboxylic acids is 1. The van der Waals surface area contributed by atoms with E-state index in [-0.39, 0.29) is 12.5 Å². The second-order valence-corrected chi connectivity index (χ2v) is 3.67. The molecule has 0 saturated heterocycles. The van der Waals surface area contributed by atoms with E-state index in [1.54, 1.807) is 0 Å². The van der Waals surface area contributed by atoms with E-state index in [2.05, 4.69) is 10.6 Å². The molecule has 0 aliphatic carbocycles. The van der Waals surface area contributed by atoms with Gasteiger partial charge in [-0.05, 0) is 19.1 Å². The van der Waals surface area contributed by atoms with Crippen molar-refractivity contribution in [1.29, 1.82) is 0 Å². The predicted molar refractivity (Wildman–Crippen MR) is 64.6 cm³/mol. The predicted octanol–water partition coefficient (Wildman–Crippen LogP) is 1.01. The van der Waals surface area contributed by atoms with Crippen molar-refractivity contribution in [2.24, 2.45) is 0 Å². The van der Waals surface area contributed by atoms with Crippen LogP contribution in [-0.4, -0.2) is 32.2 Å². The van der Waals surface area contributed by atoms with Gasteiger partial charge in [-0.15, -0.1) is 0 Å². The second-order valence-electron chi connectivity index (χ2n) is 3.67. The maximum absolute atomic E-state index is 11.3. The molecule has 0 atom stereocenters. The highest BCUT2D eigenvalue weighted by Crippen LogP contribution is 2.32. The number of ether oxygens (including phenoxy) is 2. The Hall–Kier alpha value is -1.91. The number of carbonyl (C=O) groups is 1. The minimum absolute atomic E-state index is 0.0256. The van der Waals surface area contributed by atoms with Gasteiger partial charge in [0, 0.05) is 18.3 Å². The number of anilines is 1. The van der Waals surface area contributed by atoms with Gasteiger partial charge in [0.1, 0.15) is 13.2 Å². The summed E-state index contributed by atoms with van der Waals surface area (Å²) in [5.74, 6) is 1.44. The molecule has 0 unspecified atom stereocenters. The molecular weight excluding hydrogens is 220 g/mol. The van der Waals surface area contributed by atoms with E-state index in [1.807, 2.05) is 25.1 Å². The maximum Gasteiger partial charge on any atom is 0.239 e. The minimum Gasteiger partial charge on any atom is -0.486 e. The molecule has 0 aromatic heterocycles. The van der Waals surface area contributed by atoms with E-state index in [4.69, 9.17) is 9.47 Å². The number of amides is 1. The normalized spacial score (nSPS) is 13.0. The molecule has 2 N–H and O–H groups in total. The molecule has 0 saturated carbocycles. The van der Waals surface area contributed by atoms with Crippen LogP contribution < -0.4 is 20.1 Å². The monoisotopic (exact) mass is 236 g/mol. The summed E-state index contributed by atoms with van der Waals surface area (Å²) in [5.41, 5.74) is 0.848. The smallest absolute Gasteiger partial charge is 0.239 e. The van der Waals surface area contributed by atoms with Gasteiger partial charge in [0.15, 0.2) is 11.5 Å². The molecule has 0 radical (unpaired) electrons. The number of hydrogen-bond donors (Lipinski definition) is 2. The van der Waals surface area contributed by atoms with Crippen LogP contribution in [0.4, 0.5) is 5.69 Å². The lowest BCUT2D eigenvalue weighted by Gasteiger charge is -2.19. The van der Waals surface area contributed by atoms with Crippen LogP contribution in [0.1, 0.15) is 6.92 Å². The third-order valence-electron chi connectivity index (χ3n) is 2.37. The number of nitrogens with one attached hydrogen (secondary N) is 2. The Morgan fingerprint density at radius 1 is 1.29 bits per heavy atom. The third-order valence-corrected chi connectivity index (χ3v) is 2.37. The van der Waals surface area contributed by atoms with Gasteiger partial charge < -0.3 is 20.1 Å². The van der Waals surface area contributed by atoms with Crippen LogP contribution in [0.25, 0.3) is 0 Å². The molecular formula is C12H16N2O3. The summed E-state index contributed by atoms with van der Waals surface area (Å²) in [6.45, 7) is 3.93. The van der Waals surface area contributed by atoms with E-state index in [0.29, 0.717) is 19.8 Å². The molecule has 0 bridgehead atoms. The van der Waals surface area contributed by atoms with Gasteiger partial charge in [0.25, 0.3) is 0 Å². The van der Waals surface area contributed by atoms with Crippen molar-refractivity contribution < 1.29 is 14.3 Å². The highest BCUT2D eigenvalue weighted by Gasteiger charge is 2.11. The van der Waals surface area contributed by atoms with Gasteiger partial charge in [-0.3, -0.25) is 4.79 Å². The summed E-state index contributed by atoms with van der Waals surface area (Å²) in [4.78, 5) is 11.3. The first-order chi connectivity index (χ1) is 8.29. The average molecular weight is 236 g/mol. The largest absolute Gasteiger partial charge is 0.486 e. The first kappa shape index (κ1) is 11.6. The Morgan fingerprint density at radius 2 is 2.06 bits per heavy atom. The van der Waals surface area contributed by atoms with E-state index in [1.165, 1.54) is 0 Å². The summed E-state index contributed by atoms with van der Waals surface area (Å²) in [5, 5.41) is 5.75. The average Bonchev–Trinajstić information content (AvgIpc) is 2.36. The number of hydrogen-bond acceptors (Lipinski definition) is 4. The first-order valence-electron chi connectivity index (χ1n) is 5.70. The van der Waals surface area contributed by atoms with Crippen LogP contribution >= 0.6 is 0 Å². The van der Waals surface area contributed by atoms with Gasteiger partial charge >= 0.3 is 0 Å². The van der Waals surface area contributed by atoms with Crippen molar-refractivity contribution in [2.75, 3.05) is 31.6 Å². The van der Waals surface area contributed by atoms with Crippen molar-refractivity contribution in [2.45, 2.75) is 6.92 Å². The highest BCUT2D eigenvalue weighted by atomic mass is 16.6. The molecule has 1 aromatic rings. The minimum atomic E-state index is -0.0256. The maximum atomic E-state index is 11.3. The fourth-order valence-electron chi connectivity index (χ4n) is 1.60. The van der Waals surface area contributed by atoms with E-state index in [9.17, 15) is 4.79 Å². The van der Waals surface area contributed by atoms with Crippen molar-refractivity contribution in [3.8, 4) is 11.5 Å². The van der Waals surface area contributed by atoms with Crippen LogP contribution in [0.15, 0.2) is 18.2 Å². The molecule has 1 amide bonds. The number of rotatable bonds is 4. The standard InChI is InChI=1S/C12H16N2O3/c1-2-13-12(15)8-14-9-3-4-10-11(7-9)17-6-5-16-10/h3-4,7,14H,2,5-6,8H2,1H3,(H,13,15). The summed E-state index contributed by atoms with van der Waals surface area (Å²) >= 11 is 0. The highest BCUT2D eigenvalue weighted by molar-refractivity contribution is 5.80. The Balaban J connectivity index is 1.95.